The van der Waals surface area contributed by atoms with Gasteiger partial charge in [0.1, 0.15) is 5.82 Å². The Hall–Kier alpha value is 0.590. The number of rotatable bonds is 0. The van der Waals surface area contributed by atoms with Gasteiger partial charge in [0.2, 0.25) is 0 Å². The van der Waals surface area contributed by atoms with Gasteiger partial charge in [-0.25, -0.2) is 4.39 Å². The van der Waals surface area contributed by atoms with Crippen LogP contribution in [-0.4, -0.2) is 0 Å². The first-order valence-electron chi connectivity index (χ1n) is 2.83. The fourth-order valence-electron chi connectivity index (χ4n) is 0.639. The molecular weight excluding hydrogens is 343 g/mol. The lowest BCUT2D eigenvalue weighted by molar-refractivity contribution is 0.627. The van der Waals surface area contributed by atoms with Crippen molar-refractivity contribution < 1.29 is 4.39 Å². The second-order valence-corrected chi connectivity index (χ2v) is 8.77. The highest BCUT2D eigenvalue weighted by molar-refractivity contribution is 9.38. The molecule has 0 unspecified atom stereocenters. The van der Waals surface area contributed by atoms with Gasteiger partial charge in [0.15, 0.2) is 2.14 Å². The molecule has 1 aromatic carbocycles. The third-order valence-electron chi connectivity index (χ3n) is 1.17. The van der Waals surface area contributed by atoms with Gasteiger partial charge in [-0.1, -0.05) is 59.9 Å². The van der Waals surface area contributed by atoms with E-state index in [0.29, 0.717) is 0 Å². The molecule has 0 aliphatic rings. The van der Waals surface area contributed by atoms with Crippen molar-refractivity contribution in [3.8, 4) is 0 Å². The lowest BCUT2D eigenvalue weighted by Gasteiger charge is -2.11. The lowest BCUT2D eigenvalue weighted by atomic mass is 10.2. The van der Waals surface area contributed by atoms with Crippen LogP contribution in [0.1, 0.15) is 5.56 Å². The molecule has 0 bridgehead atoms. The Morgan fingerprint density at radius 2 is 1.45 bits per heavy atom. The average molecular weight is 347 g/mol. The van der Waals surface area contributed by atoms with E-state index in [-0.39, 0.29) is 5.82 Å². The molecule has 0 aliphatic carbocycles. The van der Waals surface area contributed by atoms with E-state index in [2.05, 4.69) is 47.8 Å². The van der Waals surface area contributed by atoms with Crippen LogP contribution < -0.4 is 0 Å². The number of halogens is 4. The van der Waals surface area contributed by atoms with Crippen molar-refractivity contribution in [2.75, 3.05) is 0 Å². The lowest BCUT2D eigenvalue weighted by Crippen LogP contribution is -1.96. The highest BCUT2D eigenvalue weighted by Crippen LogP contribution is 2.44. The summed E-state index contributed by atoms with van der Waals surface area (Å²) in [6.45, 7) is 0. The third kappa shape index (κ3) is 2.84. The quantitative estimate of drug-likeness (QED) is 0.620. The van der Waals surface area contributed by atoms with Crippen molar-refractivity contribution in [2.24, 2.45) is 0 Å². The maximum atomic E-state index is 12.4. The van der Waals surface area contributed by atoms with Crippen molar-refractivity contribution in [1.82, 2.24) is 0 Å². The summed E-state index contributed by atoms with van der Waals surface area (Å²) >= 11 is 9.97. The average Bonchev–Trinajstić information content (AvgIpc) is 1.86. The van der Waals surface area contributed by atoms with E-state index < -0.39 is 2.14 Å². The minimum absolute atomic E-state index is 0.231. The number of hydrogen-bond donors (Lipinski definition) is 0. The third-order valence-corrected chi connectivity index (χ3v) is 2.55. The predicted molar refractivity (Wildman–Crippen MR) is 54.9 cm³/mol. The Balaban J connectivity index is 2.99. The van der Waals surface area contributed by atoms with Gasteiger partial charge in [-0.3, -0.25) is 0 Å². The molecule has 0 nitrogen and oxygen atoms in total. The Kier molecular flexibility index (Phi) is 3.11. The summed E-state index contributed by atoms with van der Waals surface area (Å²) in [6, 6.07) is 6.20. The molecule has 60 valence electrons. The molecule has 0 spiro atoms. The highest BCUT2D eigenvalue weighted by Gasteiger charge is 2.19. The molecule has 4 heteroatoms. The predicted octanol–water partition coefficient (Wildman–Crippen LogP) is 4.12. The molecule has 1 aromatic rings. The van der Waals surface area contributed by atoms with E-state index in [1.54, 1.807) is 12.1 Å². The molecule has 0 saturated heterocycles. The minimum atomic E-state index is -0.444. The summed E-state index contributed by atoms with van der Waals surface area (Å²) < 4.78 is 12.0. The zero-order valence-electron chi connectivity index (χ0n) is 5.32. The van der Waals surface area contributed by atoms with Crippen LogP contribution in [0.5, 0.6) is 0 Å². The van der Waals surface area contributed by atoms with Gasteiger partial charge in [-0.05, 0) is 17.7 Å². The van der Waals surface area contributed by atoms with E-state index >= 15 is 0 Å². The summed E-state index contributed by atoms with van der Waals surface area (Å²) in [5, 5.41) is 0. The van der Waals surface area contributed by atoms with Gasteiger partial charge in [-0.15, -0.1) is 0 Å². The molecule has 1 rings (SSSR count). The van der Waals surface area contributed by atoms with E-state index in [9.17, 15) is 4.39 Å². The first-order valence-corrected chi connectivity index (χ1v) is 5.21. The summed E-state index contributed by atoms with van der Waals surface area (Å²) in [5.74, 6) is -0.231. The Labute approximate surface area is 89.6 Å². The summed E-state index contributed by atoms with van der Waals surface area (Å²) in [5.41, 5.74) is 0.916. The van der Waals surface area contributed by atoms with Crippen LogP contribution >= 0.6 is 47.8 Å². The maximum Gasteiger partial charge on any atom is 0.159 e. The maximum absolute atomic E-state index is 12.4. The van der Waals surface area contributed by atoms with Crippen LogP contribution in [0.4, 0.5) is 4.39 Å². The van der Waals surface area contributed by atoms with E-state index in [1.165, 1.54) is 12.1 Å². The topological polar surface area (TPSA) is 0 Å². The molecule has 0 saturated carbocycles. The van der Waals surface area contributed by atoms with Crippen molar-refractivity contribution in [3.63, 3.8) is 0 Å². The van der Waals surface area contributed by atoms with Crippen LogP contribution in [0.15, 0.2) is 24.3 Å². The highest BCUT2D eigenvalue weighted by atomic mass is 80.0. The Morgan fingerprint density at radius 1 is 1.00 bits per heavy atom. The molecule has 0 aromatic heterocycles. The van der Waals surface area contributed by atoms with Crippen LogP contribution in [-0.2, 0) is 2.14 Å². The molecular formula is C7H4Br3F. The van der Waals surface area contributed by atoms with Crippen molar-refractivity contribution >= 4 is 47.8 Å². The molecule has 0 radical (unpaired) electrons. The zero-order valence-corrected chi connectivity index (χ0v) is 10.1. The number of hydrogen-bond acceptors (Lipinski definition) is 0. The smallest absolute Gasteiger partial charge is 0.159 e. The van der Waals surface area contributed by atoms with Crippen LogP contribution in [0.3, 0.4) is 0 Å². The summed E-state index contributed by atoms with van der Waals surface area (Å²) in [4.78, 5) is 0. The SMILES string of the molecule is Fc1ccc(C(Br)(Br)Br)cc1. The standard InChI is InChI=1S/C7H4Br3F/c8-7(9,10)5-1-3-6(11)4-2-5/h1-4H. The molecule has 0 N–H and O–H groups in total. The van der Waals surface area contributed by atoms with Crippen molar-refractivity contribution in [3.05, 3.63) is 35.6 Å². The largest absolute Gasteiger partial charge is 0.207 e. The number of alkyl halides is 3. The van der Waals surface area contributed by atoms with Crippen LogP contribution in [0, 0.1) is 5.82 Å². The number of benzene rings is 1. The molecule has 0 aliphatic heterocycles. The Bertz CT molecular complexity index is 237. The van der Waals surface area contributed by atoms with Crippen molar-refractivity contribution in [2.45, 2.75) is 2.14 Å². The van der Waals surface area contributed by atoms with E-state index in [1.807, 2.05) is 0 Å². The fraction of sp³-hybridized carbons (Fsp3) is 0.143. The second-order valence-electron chi connectivity index (χ2n) is 2.00. The fourth-order valence-corrected chi connectivity index (χ4v) is 1.43. The first-order chi connectivity index (χ1) is 5.00. The Morgan fingerprint density at radius 3 is 1.82 bits per heavy atom. The molecule has 11 heavy (non-hydrogen) atoms. The monoisotopic (exact) mass is 344 g/mol. The van der Waals surface area contributed by atoms with Crippen LogP contribution in [0.2, 0.25) is 0 Å². The van der Waals surface area contributed by atoms with Crippen molar-refractivity contribution in [1.29, 1.82) is 0 Å². The first kappa shape index (κ1) is 9.68. The van der Waals surface area contributed by atoms with Gasteiger partial charge in [0.25, 0.3) is 0 Å². The second kappa shape index (κ2) is 3.54. The van der Waals surface area contributed by atoms with E-state index in [4.69, 9.17) is 0 Å². The zero-order chi connectivity index (χ0) is 8.48. The van der Waals surface area contributed by atoms with Crippen LogP contribution in [0.25, 0.3) is 0 Å². The molecule has 0 fully saturated rings. The molecule has 0 amide bonds. The van der Waals surface area contributed by atoms with Gasteiger partial charge in [0, 0.05) is 0 Å². The van der Waals surface area contributed by atoms with Gasteiger partial charge in [0.05, 0.1) is 0 Å². The van der Waals surface area contributed by atoms with Gasteiger partial charge < -0.3 is 0 Å². The van der Waals surface area contributed by atoms with E-state index in [0.717, 1.165) is 5.56 Å². The van der Waals surface area contributed by atoms with Gasteiger partial charge >= 0.3 is 0 Å². The summed E-state index contributed by atoms with van der Waals surface area (Å²) in [7, 11) is 0. The summed E-state index contributed by atoms with van der Waals surface area (Å²) in [6.07, 6.45) is 0. The van der Waals surface area contributed by atoms with Gasteiger partial charge in [-0.2, -0.15) is 0 Å². The molecule has 0 atom stereocenters. The normalized spacial score (nSPS) is 11.6. The minimum Gasteiger partial charge on any atom is -0.207 e. The molecule has 0 heterocycles.